The fourth-order valence-corrected chi connectivity index (χ4v) is 6.21. The number of ether oxygens (including phenoxy) is 4. The number of nitrogens with zero attached hydrogens (tertiary/aromatic N) is 2. The quantitative estimate of drug-likeness (QED) is 0.106. The van der Waals surface area contributed by atoms with E-state index in [0.717, 1.165) is 16.9 Å². The number of fused-ring (bicyclic) bond motifs is 1. The Morgan fingerprint density at radius 1 is 0.826 bits per heavy atom. The number of hydrogen-bond donors (Lipinski definition) is 0. The van der Waals surface area contributed by atoms with Gasteiger partial charge in [-0.3, -0.25) is 9.36 Å². The second-order valence-electron chi connectivity index (χ2n) is 10.3. The number of allylic oxidation sites excluding steroid dienone is 1. The zero-order valence-electron chi connectivity index (χ0n) is 25.4. The third-order valence-corrected chi connectivity index (χ3v) is 8.21. The number of carbonyl (C=O) groups excluding carboxylic acids is 1. The molecule has 0 saturated carbocycles. The summed E-state index contributed by atoms with van der Waals surface area (Å²) < 4.78 is 25.4. The summed E-state index contributed by atoms with van der Waals surface area (Å²) >= 11 is 1.27. The average Bonchev–Trinajstić information content (AvgIpc) is 3.38. The minimum absolute atomic E-state index is 0.258. The van der Waals surface area contributed by atoms with E-state index in [1.54, 1.807) is 41.8 Å². The Bertz CT molecular complexity index is 2040. The molecule has 2 heterocycles. The molecule has 6 rings (SSSR count). The van der Waals surface area contributed by atoms with Gasteiger partial charge in [-0.1, -0.05) is 84.1 Å². The predicted molar refractivity (Wildman–Crippen MR) is 177 cm³/mol. The molecule has 0 amide bonds. The highest BCUT2D eigenvalue weighted by Crippen LogP contribution is 2.32. The molecule has 0 bridgehead atoms. The Hall–Kier alpha value is -5.41. The highest BCUT2D eigenvalue weighted by atomic mass is 32.1. The van der Waals surface area contributed by atoms with Gasteiger partial charge < -0.3 is 18.9 Å². The van der Waals surface area contributed by atoms with Gasteiger partial charge in [-0.05, 0) is 67.4 Å². The van der Waals surface area contributed by atoms with Gasteiger partial charge >= 0.3 is 5.97 Å². The number of carbonyl (C=O) groups is 1. The minimum atomic E-state index is -0.705. The van der Waals surface area contributed by atoms with Crippen LogP contribution in [0.3, 0.4) is 0 Å². The Kier molecular flexibility index (Phi) is 9.40. The van der Waals surface area contributed by atoms with Crippen LogP contribution in [0.25, 0.3) is 6.08 Å². The van der Waals surface area contributed by atoms with Crippen LogP contribution >= 0.6 is 11.3 Å². The van der Waals surface area contributed by atoms with Crippen molar-refractivity contribution in [3.63, 3.8) is 0 Å². The SMILES string of the molecule is CCOc1cc(/C=c2\sc3n(c2=O)[C@H](c2ccccc2)C(C(=O)Oc2ccccc2)=C(C)N=3)ccc1OCCOc1ccccc1. The number of benzene rings is 4. The summed E-state index contributed by atoms with van der Waals surface area (Å²) in [4.78, 5) is 32.8. The maximum absolute atomic E-state index is 14.0. The molecule has 5 aromatic rings. The van der Waals surface area contributed by atoms with E-state index < -0.39 is 12.0 Å². The Morgan fingerprint density at radius 3 is 2.17 bits per heavy atom. The van der Waals surface area contributed by atoms with Crippen LogP contribution < -0.4 is 33.8 Å². The van der Waals surface area contributed by atoms with Crippen LogP contribution in [0.5, 0.6) is 23.0 Å². The summed E-state index contributed by atoms with van der Waals surface area (Å²) in [6, 6.07) is 32.7. The highest BCUT2D eigenvalue weighted by molar-refractivity contribution is 7.07. The van der Waals surface area contributed by atoms with E-state index in [4.69, 9.17) is 23.9 Å². The largest absolute Gasteiger partial charge is 0.490 e. The molecule has 0 spiro atoms. The van der Waals surface area contributed by atoms with Crippen molar-refractivity contribution >= 4 is 23.4 Å². The monoisotopic (exact) mass is 632 g/mol. The summed E-state index contributed by atoms with van der Waals surface area (Å²) in [6.45, 7) is 4.83. The van der Waals surface area contributed by atoms with E-state index in [2.05, 4.69) is 0 Å². The van der Waals surface area contributed by atoms with Crippen molar-refractivity contribution in [2.75, 3.05) is 19.8 Å². The third kappa shape index (κ3) is 6.79. The van der Waals surface area contributed by atoms with Gasteiger partial charge in [-0.25, -0.2) is 9.79 Å². The molecule has 0 N–H and O–H groups in total. The van der Waals surface area contributed by atoms with Crippen LogP contribution in [-0.4, -0.2) is 30.4 Å². The van der Waals surface area contributed by atoms with Gasteiger partial charge in [0.2, 0.25) is 0 Å². The standard InChI is InChI=1S/C37H32N2O6S/c1-3-42-31-23-26(19-20-30(31)44-22-21-43-28-15-9-5-10-16-28)24-32-35(40)39-34(27-13-7-4-8-14-27)33(25(2)38-37(39)46-32)36(41)45-29-17-11-6-12-18-29/h4-20,23-24,34H,3,21-22H2,1-2H3/b32-24-/t34-/m1/s1. The predicted octanol–water partition coefficient (Wildman–Crippen LogP) is 5.70. The summed E-state index contributed by atoms with van der Waals surface area (Å²) in [7, 11) is 0. The summed E-state index contributed by atoms with van der Waals surface area (Å²) in [5, 5.41) is 0. The molecule has 0 saturated heterocycles. The zero-order chi connectivity index (χ0) is 31.9. The van der Waals surface area contributed by atoms with Crippen LogP contribution in [0.4, 0.5) is 0 Å². The van der Waals surface area contributed by atoms with Gasteiger partial charge in [0, 0.05) is 0 Å². The van der Waals surface area contributed by atoms with Crippen LogP contribution in [0.1, 0.15) is 31.0 Å². The number of esters is 1. The van der Waals surface area contributed by atoms with Crippen molar-refractivity contribution in [3.8, 4) is 23.0 Å². The second kappa shape index (κ2) is 14.1. The van der Waals surface area contributed by atoms with Gasteiger partial charge in [0.15, 0.2) is 16.3 Å². The molecule has 46 heavy (non-hydrogen) atoms. The average molecular weight is 633 g/mol. The van der Waals surface area contributed by atoms with E-state index >= 15 is 0 Å². The Labute approximate surface area is 270 Å². The zero-order valence-corrected chi connectivity index (χ0v) is 26.2. The first-order valence-corrected chi connectivity index (χ1v) is 15.8. The van der Waals surface area contributed by atoms with Gasteiger partial charge in [0.05, 0.1) is 28.5 Å². The van der Waals surface area contributed by atoms with E-state index in [1.165, 1.54) is 11.3 Å². The van der Waals surface area contributed by atoms with Crippen molar-refractivity contribution in [1.82, 2.24) is 4.57 Å². The topological polar surface area (TPSA) is 88.4 Å². The molecular weight excluding hydrogens is 600 g/mol. The van der Waals surface area contributed by atoms with E-state index in [-0.39, 0.29) is 5.56 Å². The number of para-hydroxylation sites is 2. The lowest BCUT2D eigenvalue weighted by Gasteiger charge is -2.24. The molecule has 9 heteroatoms. The molecule has 0 unspecified atom stereocenters. The highest BCUT2D eigenvalue weighted by Gasteiger charge is 2.33. The summed E-state index contributed by atoms with van der Waals surface area (Å²) in [5.41, 5.74) is 2.09. The molecule has 0 radical (unpaired) electrons. The molecule has 232 valence electrons. The Morgan fingerprint density at radius 2 is 1.48 bits per heavy atom. The molecular formula is C37H32N2O6S. The lowest BCUT2D eigenvalue weighted by Crippen LogP contribution is -2.40. The van der Waals surface area contributed by atoms with Gasteiger partial charge in [-0.2, -0.15) is 0 Å². The number of hydrogen-bond acceptors (Lipinski definition) is 8. The maximum Gasteiger partial charge on any atom is 0.343 e. The minimum Gasteiger partial charge on any atom is -0.490 e. The number of aromatic nitrogens is 1. The summed E-state index contributed by atoms with van der Waals surface area (Å²) in [6.07, 6.45) is 1.80. The van der Waals surface area contributed by atoms with Crippen molar-refractivity contribution in [2.24, 2.45) is 4.99 Å². The van der Waals surface area contributed by atoms with Gasteiger partial charge in [-0.15, -0.1) is 0 Å². The normalized spacial score (nSPS) is 14.3. The van der Waals surface area contributed by atoms with E-state index in [0.29, 0.717) is 57.7 Å². The third-order valence-electron chi connectivity index (χ3n) is 7.23. The lowest BCUT2D eigenvalue weighted by atomic mass is 9.96. The fraction of sp³-hybridized carbons (Fsp3) is 0.162. The molecule has 4 aromatic carbocycles. The molecule has 1 aliphatic rings. The first kappa shape index (κ1) is 30.6. The first-order valence-electron chi connectivity index (χ1n) is 14.9. The van der Waals surface area contributed by atoms with Crippen LogP contribution in [0, 0.1) is 0 Å². The molecule has 1 aromatic heterocycles. The Balaban J connectivity index is 1.31. The van der Waals surface area contributed by atoms with Crippen molar-refractivity contribution in [2.45, 2.75) is 19.9 Å². The molecule has 0 aliphatic carbocycles. The van der Waals surface area contributed by atoms with Crippen molar-refractivity contribution < 1.29 is 23.7 Å². The van der Waals surface area contributed by atoms with Crippen LogP contribution in [0.15, 0.2) is 130 Å². The van der Waals surface area contributed by atoms with Crippen LogP contribution in [-0.2, 0) is 4.79 Å². The lowest BCUT2D eigenvalue weighted by molar-refractivity contribution is -0.130. The first-order chi connectivity index (χ1) is 22.5. The smallest absolute Gasteiger partial charge is 0.343 e. The van der Waals surface area contributed by atoms with Crippen molar-refractivity contribution in [1.29, 1.82) is 0 Å². The molecule has 1 aliphatic heterocycles. The number of rotatable bonds is 11. The molecule has 1 atom stereocenters. The van der Waals surface area contributed by atoms with Crippen LogP contribution in [0.2, 0.25) is 0 Å². The molecule has 0 fully saturated rings. The van der Waals surface area contributed by atoms with E-state index in [9.17, 15) is 9.59 Å². The van der Waals surface area contributed by atoms with Gasteiger partial charge in [0.25, 0.3) is 5.56 Å². The molecule has 8 nitrogen and oxygen atoms in total. The maximum atomic E-state index is 14.0. The fourth-order valence-electron chi connectivity index (χ4n) is 5.17. The van der Waals surface area contributed by atoms with E-state index in [1.807, 2.05) is 91.9 Å². The summed E-state index contributed by atoms with van der Waals surface area (Å²) in [5.74, 6) is 1.78. The van der Waals surface area contributed by atoms with Crippen molar-refractivity contribution in [3.05, 3.63) is 151 Å². The van der Waals surface area contributed by atoms with Gasteiger partial charge in [0.1, 0.15) is 24.7 Å². The second-order valence-corrected chi connectivity index (χ2v) is 11.4. The number of thiazole rings is 1.